The van der Waals surface area contributed by atoms with Crippen molar-refractivity contribution in [1.29, 1.82) is 0 Å². The van der Waals surface area contributed by atoms with Crippen molar-refractivity contribution in [2.45, 2.75) is 23.8 Å². The molecule has 1 fully saturated rings. The summed E-state index contributed by atoms with van der Waals surface area (Å²) in [6, 6.07) is 1.56. The van der Waals surface area contributed by atoms with E-state index in [0.717, 1.165) is 19.4 Å². The topological polar surface area (TPSA) is 100 Å². The highest BCUT2D eigenvalue weighted by Crippen LogP contribution is 2.22. The molecule has 2 heterocycles. The SMILES string of the molecule is CN1CCCC1CNS(=O)(=O)c1cnc(NN)c(Cl)c1. The maximum absolute atomic E-state index is 12.2. The Hall–Kier alpha value is -0.930. The van der Waals surface area contributed by atoms with Gasteiger partial charge in [-0.3, -0.25) is 0 Å². The predicted octanol–water partition coefficient (Wildman–Crippen LogP) is 0.393. The summed E-state index contributed by atoms with van der Waals surface area (Å²) in [4.78, 5) is 6.04. The van der Waals surface area contributed by atoms with Gasteiger partial charge in [0.1, 0.15) is 4.90 Å². The Kier molecular flexibility index (Phi) is 4.82. The number of nitrogens with two attached hydrogens (primary N) is 1. The first-order chi connectivity index (χ1) is 9.44. The Morgan fingerprint density at radius 1 is 1.60 bits per heavy atom. The molecule has 0 spiro atoms. The second-order valence-corrected chi connectivity index (χ2v) is 6.95. The molecule has 112 valence electrons. The van der Waals surface area contributed by atoms with Gasteiger partial charge in [-0.05, 0) is 32.5 Å². The van der Waals surface area contributed by atoms with Gasteiger partial charge in [-0.25, -0.2) is 24.0 Å². The molecule has 1 aliphatic heterocycles. The van der Waals surface area contributed by atoms with Gasteiger partial charge in [0.15, 0.2) is 5.82 Å². The first-order valence-electron chi connectivity index (χ1n) is 6.26. The van der Waals surface area contributed by atoms with Crippen molar-refractivity contribution < 1.29 is 8.42 Å². The minimum Gasteiger partial charge on any atom is -0.307 e. The lowest BCUT2D eigenvalue weighted by molar-refractivity contribution is 0.311. The highest BCUT2D eigenvalue weighted by molar-refractivity contribution is 7.89. The second-order valence-electron chi connectivity index (χ2n) is 4.77. The van der Waals surface area contributed by atoms with Gasteiger partial charge in [-0.15, -0.1) is 0 Å². The lowest BCUT2D eigenvalue weighted by Gasteiger charge is -2.19. The summed E-state index contributed by atoms with van der Waals surface area (Å²) in [5.41, 5.74) is 2.29. The number of aromatic nitrogens is 1. The Labute approximate surface area is 123 Å². The Morgan fingerprint density at radius 3 is 2.90 bits per heavy atom. The van der Waals surface area contributed by atoms with E-state index in [2.05, 4.69) is 20.0 Å². The number of rotatable bonds is 5. The number of likely N-dealkylation sites (tertiary alicyclic amines) is 1. The zero-order valence-electron chi connectivity index (χ0n) is 11.1. The van der Waals surface area contributed by atoms with E-state index in [1.54, 1.807) is 0 Å². The van der Waals surface area contributed by atoms with Crippen molar-refractivity contribution in [3.63, 3.8) is 0 Å². The quantitative estimate of drug-likeness (QED) is 0.536. The maximum atomic E-state index is 12.2. The van der Waals surface area contributed by atoms with Crippen LogP contribution in [-0.2, 0) is 10.0 Å². The van der Waals surface area contributed by atoms with Crippen LogP contribution in [0.15, 0.2) is 17.2 Å². The van der Waals surface area contributed by atoms with Crippen molar-refractivity contribution in [2.24, 2.45) is 5.84 Å². The molecule has 1 atom stereocenters. The van der Waals surface area contributed by atoms with Crippen LogP contribution in [0, 0.1) is 0 Å². The van der Waals surface area contributed by atoms with Gasteiger partial charge >= 0.3 is 0 Å². The summed E-state index contributed by atoms with van der Waals surface area (Å²) in [6.45, 7) is 1.38. The molecule has 0 aliphatic carbocycles. The third kappa shape index (κ3) is 3.39. The number of sulfonamides is 1. The number of hydrogen-bond donors (Lipinski definition) is 3. The van der Waals surface area contributed by atoms with Crippen molar-refractivity contribution >= 4 is 27.4 Å². The third-order valence-corrected chi connectivity index (χ3v) is 5.12. The number of pyridine rings is 1. The molecule has 0 bridgehead atoms. The van der Waals surface area contributed by atoms with Crippen LogP contribution in [0.25, 0.3) is 0 Å². The monoisotopic (exact) mass is 319 g/mol. The molecule has 0 aromatic carbocycles. The average molecular weight is 320 g/mol. The van der Waals surface area contributed by atoms with E-state index < -0.39 is 10.0 Å². The molecule has 20 heavy (non-hydrogen) atoms. The zero-order valence-corrected chi connectivity index (χ0v) is 12.7. The number of hydrazine groups is 1. The molecule has 0 amide bonds. The van der Waals surface area contributed by atoms with Crippen LogP contribution < -0.4 is 16.0 Å². The number of hydrogen-bond acceptors (Lipinski definition) is 6. The first-order valence-corrected chi connectivity index (χ1v) is 8.12. The van der Waals surface area contributed by atoms with E-state index in [1.165, 1.54) is 12.3 Å². The van der Waals surface area contributed by atoms with Crippen LogP contribution in [0.1, 0.15) is 12.8 Å². The fourth-order valence-corrected chi connectivity index (χ4v) is 3.53. The fourth-order valence-electron chi connectivity index (χ4n) is 2.20. The van der Waals surface area contributed by atoms with Crippen LogP contribution in [0.5, 0.6) is 0 Å². The fraction of sp³-hybridized carbons (Fsp3) is 0.545. The summed E-state index contributed by atoms with van der Waals surface area (Å²) < 4.78 is 26.9. The van der Waals surface area contributed by atoms with E-state index in [-0.39, 0.29) is 21.8 Å². The maximum Gasteiger partial charge on any atom is 0.242 e. The number of anilines is 1. The predicted molar refractivity (Wildman–Crippen MR) is 77.9 cm³/mol. The molecule has 1 saturated heterocycles. The van der Waals surface area contributed by atoms with E-state index in [9.17, 15) is 8.42 Å². The molecule has 7 nitrogen and oxygen atoms in total. The third-order valence-electron chi connectivity index (χ3n) is 3.44. The smallest absolute Gasteiger partial charge is 0.242 e. The molecule has 1 aliphatic rings. The van der Waals surface area contributed by atoms with Crippen LogP contribution >= 0.6 is 11.6 Å². The van der Waals surface area contributed by atoms with Gasteiger partial charge in [-0.2, -0.15) is 0 Å². The van der Waals surface area contributed by atoms with Crippen molar-refractivity contribution in [3.8, 4) is 0 Å². The Balaban J connectivity index is 2.08. The number of nitrogens with zero attached hydrogens (tertiary/aromatic N) is 2. The molecule has 4 N–H and O–H groups in total. The summed E-state index contributed by atoms with van der Waals surface area (Å²) in [5.74, 6) is 5.44. The molecular weight excluding hydrogens is 302 g/mol. The van der Waals surface area contributed by atoms with Gasteiger partial charge < -0.3 is 10.3 Å². The molecule has 0 saturated carbocycles. The van der Waals surface area contributed by atoms with Crippen LogP contribution in [0.4, 0.5) is 5.82 Å². The average Bonchev–Trinajstić information content (AvgIpc) is 2.82. The molecular formula is C11H18ClN5O2S. The number of likely N-dealkylation sites (N-methyl/N-ethyl adjacent to an activating group) is 1. The van der Waals surface area contributed by atoms with Gasteiger partial charge in [0, 0.05) is 18.8 Å². The normalized spacial score (nSPS) is 20.2. The van der Waals surface area contributed by atoms with Gasteiger partial charge in [0.05, 0.1) is 5.02 Å². The molecule has 1 aromatic rings. The van der Waals surface area contributed by atoms with Crippen molar-refractivity contribution in [3.05, 3.63) is 17.3 Å². The van der Waals surface area contributed by atoms with Crippen LogP contribution in [0.3, 0.4) is 0 Å². The second kappa shape index (κ2) is 6.23. The zero-order chi connectivity index (χ0) is 14.8. The summed E-state index contributed by atoms with van der Waals surface area (Å²) >= 11 is 5.88. The Bertz CT molecular complexity index is 580. The van der Waals surface area contributed by atoms with E-state index in [0.29, 0.717) is 6.54 Å². The highest BCUT2D eigenvalue weighted by atomic mass is 35.5. The highest BCUT2D eigenvalue weighted by Gasteiger charge is 2.24. The van der Waals surface area contributed by atoms with E-state index in [4.69, 9.17) is 17.4 Å². The first kappa shape index (κ1) is 15.5. The molecule has 1 aromatic heterocycles. The molecule has 1 unspecified atom stereocenters. The van der Waals surface area contributed by atoms with Crippen LogP contribution in [-0.4, -0.2) is 44.5 Å². The molecule has 2 rings (SSSR count). The Morgan fingerprint density at radius 2 is 2.35 bits per heavy atom. The van der Waals surface area contributed by atoms with E-state index in [1.807, 2.05) is 7.05 Å². The summed E-state index contributed by atoms with van der Waals surface area (Å²) in [6.07, 6.45) is 3.31. The van der Waals surface area contributed by atoms with E-state index >= 15 is 0 Å². The van der Waals surface area contributed by atoms with Crippen molar-refractivity contribution in [1.82, 2.24) is 14.6 Å². The lowest BCUT2D eigenvalue weighted by atomic mass is 10.2. The largest absolute Gasteiger partial charge is 0.307 e. The van der Waals surface area contributed by atoms with Gasteiger partial charge in [0.2, 0.25) is 10.0 Å². The van der Waals surface area contributed by atoms with Crippen molar-refractivity contribution in [2.75, 3.05) is 25.6 Å². The lowest BCUT2D eigenvalue weighted by Crippen LogP contribution is -2.38. The number of halogens is 1. The standard InChI is InChI=1S/C11H18ClN5O2S/c1-17-4-2-3-8(17)6-15-20(18,19)9-5-10(12)11(16-13)14-7-9/h5,7-8,15H,2-4,6,13H2,1H3,(H,14,16). The number of nitrogens with one attached hydrogen (secondary N) is 2. The van der Waals surface area contributed by atoms with Gasteiger partial charge in [0.25, 0.3) is 0 Å². The minimum atomic E-state index is -3.61. The molecule has 0 radical (unpaired) electrons. The van der Waals surface area contributed by atoms with Gasteiger partial charge in [-0.1, -0.05) is 11.6 Å². The summed E-state index contributed by atoms with van der Waals surface area (Å²) in [5, 5.41) is 0.161. The number of nitrogen functional groups attached to an aromatic ring is 1. The van der Waals surface area contributed by atoms with Crippen LogP contribution in [0.2, 0.25) is 5.02 Å². The summed E-state index contributed by atoms with van der Waals surface area (Å²) in [7, 11) is -1.62. The minimum absolute atomic E-state index is 0.0298. The molecule has 9 heteroatoms.